The Morgan fingerprint density at radius 1 is 1.39 bits per heavy atom. The highest BCUT2D eigenvalue weighted by Crippen LogP contribution is 2.34. The molecule has 1 aromatic carbocycles. The molecular formula is C14H15BrN2O. The van der Waals surface area contributed by atoms with Gasteiger partial charge in [0.15, 0.2) is 0 Å². The molecular weight excluding hydrogens is 292 g/mol. The van der Waals surface area contributed by atoms with Crippen molar-refractivity contribution in [2.75, 3.05) is 6.54 Å². The molecule has 1 fully saturated rings. The Bertz CT molecular complexity index is 581. The fourth-order valence-corrected chi connectivity index (χ4v) is 2.52. The Morgan fingerprint density at radius 3 is 3.00 bits per heavy atom. The van der Waals surface area contributed by atoms with Crippen molar-refractivity contribution in [3.8, 4) is 0 Å². The molecule has 1 heterocycles. The fraction of sp³-hybridized carbons (Fsp3) is 0.357. The van der Waals surface area contributed by atoms with E-state index in [1.807, 2.05) is 6.07 Å². The van der Waals surface area contributed by atoms with E-state index in [-0.39, 0.29) is 0 Å². The van der Waals surface area contributed by atoms with E-state index in [0.29, 0.717) is 6.54 Å². The molecule has 3 nitrogen and oxygen atoms in total. The highest BCUT2D eigenvalue weighted by molar-refractivity contribution is 9.10. The summed E-state index contributed by atoms with van der Waals surface area (Å²) in [6, 6.07) is 8.17. The van der Waals surface area contributed by atoms with Crippen molar-refractivity contribution in [2.45, 2.75) is 25.0 Å². The average Bonchev–Trinajstić information content (AvgIpc) is 3.08. The van der Waals surface area contributed by atoms with Gasteiger partial charge in [0.05, 0.1) is 11.1 Å². The maximum absolute atomic E-state index is 9.76. The summed E-state index contributed by atoms with van der Waals surface area (Å²) < 4.78 is 1.08. The summed E-state index contributed by atoms with van der Waals surface area (Å²) >= 11 is 3.58. The van der Waals surface area contributed by atoms with Crippen LogP contribution in [0.1, 0.15) is 18.4 Å². The van der Waals surface area contributed by atoms with E-state index in [2.05, 4.69) is 44.4 Å². The second-order valence-corrected chi connectivity index (χ2v) is 5.82. The molecule has 3 rings (SSSR count). The minimum atomic E-state index is -0.443. The molecule has 94 valence electrons. The van der Waals surface area contributed by atoms with Crippen molar-refractivity contribution in [1.29, 1.82) is 0 Å². The number of hydrogen-bond donors (Lipinski definition) is 2. The Balaban J connectivity index is 1.76. The van der Waals surface area contributed by atoms with E-state index >= 15 is 0 Å². The third-order valence-electron chi connectivity index (χ3n) is 3.37. The number of aliphatic hydroxyl groups is 1. The third-order valence-corrected chi connectivity index (χ3v) is 4.11. The Morgan fingerprint density at radius 2 is 2.22 bits per heavy atom. The predicted octanol–water partition coefficient (Wildman–Crippen LogP) is 2.61. The Hall–Kier alpha value is -0.970. The highest BCUT2D eigenvalue weighted by atomic mass is 79.9. The van der Waals surface area contributed by atoms with Gasteiger partial charge in [0.1, 0.15) is 0 Å². The first-order valence-electron chi connectivity index (χ1n) is 6.13. The van der Waals surface area contributed by atoms with Crippen LogP contribution in [0.15, 0.2) is 34.9 Å². The topological polar surface area (TPSA) is 45.1 Å². The standard InChI is InChI=1S/C14H15BrN2O/c15-12-6-10-2-1-5-17-13(10)7-11(12)8-16-9-14(18)3-4-14/h1-2,5-7,16,18H,3-4,8-9H2. The zero-order chi connectivity index (χ0) is 12.6. The van der Waals surface area contributed by atoms with Gasteiger partial charge in [-0.1, -0.05) is 22.0 Å². The van der Waals surface area contributed by atoms with Crippen LogP contribution in [0.3, 0.4) is 0 Å². The van der Waals surface area contributed by atoms with Gasteiger partial charge in [0.2, 0.25) is 0 Å². The highest BCUT2D eigenvalue weighted by Gasteiger charge is 2.39. The van der Waals surface area contributed by atoms with E-state index < -0.39 is 5.60 Å². The van der Waals surface area contributed by atoms with Gasteiger partial charge >= 0.3 is 0 Å². The lowest BCUT2D eigenvalue weighted by Crippen LogP contribution is -2.27. The molecule has 1 saturated carbocycles. The van der Waals surface area contributed by atoms with E-state index in [9.17, 15) is 5.11 Å². The molecule has 0 atom stereocenters. The smallest absolute Gasteiger partial charge is 0.0773 e. The summed E-state index contributed by atoms with van der Waals surface area (Å²) in [5.74, 6) is 0. The van der Waals surface area contributed by atoms with Crippen LogP contribution in [-0.4, -0.2) is 22.2 Å². The summed E-state index contributed by atoms with van der Waals surface area (Å²) in [4.78, 5) is 4.35. The van der Waals surface area contributed by atoms with E-state index in [1.54, 1.807) is 6.20 Å². The van der Waals surface area contributed by atoms with Crippen LogP contribution in [0.5, 0.6) is 0 Å². The van der Waals surface area contributed by atoms with Crippen molar-refractivity contribution in [3.63, 3.8) is 0 Å². The first-order chi connectivity index (χ1) is 8.66. The molecule has 1 aromatic heterocycles. The summed E-state index contributed by atoms with van der Waals surface area (Å²) in [5, 5.41) is 14.2. The molecule has 0 aliphatic heterocycles. The first-order valence-corrected chi connectivity index (χ1v) is 6.92. The molecule has 0 bridgehead atoms. The maximum Gasteiger partial charge on any atom is 0.0773 e. The minimum absolute atomic E-state index is 0.443. The van der Waals surface area contributed by atoms with Gasteiger partial charge in [-0.05, 0) is 36.6 Å². The molecule has 2 N–H and O–H groups in total. The molecule has 0 saturated heterocycles. The molecule has 4 heteroatoms. The lowest BCUT2D eigenvalue weighted by atomic mass is 10.1. The van der Waals surface area contributed by atoms with Crippen LogP contribution in [0, 0.1) is 0 Å². The van der Waals surface area contributed by atoms with Crippen LogP contribution in [0.25, 0.3) is 10.9 Å². The maximum atomic E-state index is 9.76. The molecule has 0 unspecified atom stereocenters. The quantitative estimate of drug-likeness (QED) is 0.912. The number of nitrogens with one attached hydrogen (secondary N) is 1. The number of benzene rings is 1. The van der Waals surface area contributed by atoms with Gasteiger partial charge in [0.25, 0.3) is 0 Å². The average molecular weight is 307 g/mol. The van der Waals surface area contributed by atoms with Crippen molar-refractivity contribution >= 4 is 26.8 Å². The zero-order valence-electron chi connectivity index (χ0n) is 9.99. The lowest BCUT2D eigenvalue weighted by Gasteiger charge is -2.11. The number of aromatic nitrogens is 1. The van der Waals surface area contributed by atoms with Gasteiger partial charge in [-0.2, -0.15) is 0 Å². The normalized spacial score (nSPS) is 17.0. The minimum Gasteiger partial charge on any atom is -0.389 e. The van der Waals surface area contributed by atoms with Crippen molar-refractivity contribution in [1.82, 2.24) is 10.3 Å². The fourth-order valence-electron chi connectivity index (χ4n) is 2.02. The van der Waals surface area contributed by atoms with Gasteiger partial charge in [-0.15, -0.1) is 0 Å². The molecule has 1 aliphatic carbocycles. The van der Waals surface area contributed by atoms with E-state index in [4.69, 9.17) is 0 Å². The SMILES string of the molecule is OC1(CNCc2cc3ncccc3cc2Br)CC1. The molecule has 1 aliphatic rings. The van der Waals surface area contributed by atoms with Gasteiger partial charge < -0.3 is 10.4 Å². The summed E-state index contributed by atoms with van der Waals surface area (Å²) in [6.07, 6.45) is 3.64. The van der Waals surface area contributed by atoms with Crippen molar-refractivity contribution in [3.05, 3.63) is 40.5 Å². The van der Waals surface area contributed by atoms with Gasteiger partial charge in [-0.3, -0.25) is 4.98 Å². The molecule has 0 amide bonds. The Kier molecular flexibility index (Phi) is 3.09. The summed E-state index contributed by atoms with van der Waals surface area (Å²) in [7, 11) is 0. The number of hydrogen-bond acceptors (Lipinski definition) is 3. The van der Waals surface area contributed by atoms with Gasteiger partial charge in [0, 0.05) is 29.1 Å². The molecule has 2 aromatic rings. The van der Waals surface area contributed by atoms with Crippen molar-refractivity contribution in [2.24, 2.45) is 0 Å². The summed E-state index contributed by atoms with van der Waals surface area (Å²) in [6.45, 7) is 1.41. The monoisotopic (exact) mass is 306 g/mol. The van der Waals surface area contributed by atoms with Crippen LogP contribution in [-0.2, 0) is 6.54 Å². The second kappa shape index (κ2) is 4.61. The second-order valence-electron chi connectivity index (χ2n) is 4.97. The number of rotatable bonds is 4. The van der Waals surface area contributed by atoms with Crippen LogP contribution in [0.2, 0.25) is 0 Å². The van der Waals surface area contributed by atoms with E-state index in [1.165, 1.54) is 5.56 Å². The van der Waals surface area contributed by atoms with Crippen LogP contribution >= 0.6 is 15.9 Å². The van der Waals surface area contributed by atoms with E-state index in [0.717, 1.165) is 34.8 Å². The lowest BCUT2D eigenvalue weighted by molar-refractivity contribution is 0.147. The molecule has 18 heavy (non-hydrogen) atoms. The third kappa shape index (κ3) is 2.55. The zero-order valence-corrected chi connectivity index (χ0v) is 11.6. The van der Waals surface area contributed by atoms with Gasteiger partial charge in [-0.25, -0.2) is 0 Å². The van der Waals surface area contributed by atoms with Crippen LogP contribution in [0.4, 0.5) is 0 Å². The number of nitrogens with zero attached hydrogens (tertiary/aromatic N) is 1. The summed E-state index contributed by atoms with van der Waals surface area (Å²) in [5.41, 5.74) is 1.73. The number of fused-ring (bicyclic) bond motifs is 1. The van der Waals surface area contributed by atoms with Crippen LogP contribution < -0.4 is 5.32 Å². The molecule has 0 radical (unpaired) electrons. The first kappa shape index (κ1) is 12.1. The number of halogens is 1. The Labute approximate surface area is 114 Å². The molecule has 0 spiro atoms. The predicted molar refractivity (Wildman–Crippen MR) is 75.3 cm³/mol. The largest absolute Gasteiger partial charge is 0.389 e. The number of pyridine rings is 1. The van der Waals surface area contributed by atoms with Crippen molar-refractivity contribution < 1.29 is 5.11 Å².